The molecule has 0 saturated carbocycles. The Morgan fingerprint density at radius 2 is 1.86 bits per heavy atom. The van der Waals surface area contributed by atoms with E-state index in [-0.39, 0.29) is 5.56 Å². The number of fused-ring (bicyclic) bond motifs is 4. The lowest BCUT2D eigenvalue weighted by Gasteiger charge is -2.11. The van der Waals surface area contributed by atoms with Crippen molar-refractivity contribution in [1.29, 1.82) is 0 Å². The third-order valence-corrected chi connectivity index (χ3v) is 6.17. The van der Waals surface area contributed by atoms with Gasteiger partial charge in [-0.05, 0) is 29.3 Å². The summed E-state index contributed by atoms with van der Waals surface area (Å²) >= 11 is 0. The number of ether oxygens (including phenoxy) is 3. The summed E-state index contributed by atoms with van der Waals surface area (Å²) in [5, 5.41) is 5.27. The Balaban J connectivity index is 1.43. The van der Waals surface area contributed by atoms with Gasteiger partial charge in [0, 0.05) is 25.9 Å². The molecule has 5 aromatic rings. The third-order valence-electron chi connectivity index (χ3n) is 6.17. The van der Waals surface area contributed by atoms with Crippen molar-refractivity contribution in [2.45, 2.75) is 19.6 Å². The summed E-state index contributed by atoms with van der Waals surface area (Å²) in [6.07, 6.45) is 4.29. The number of benzene rings is 2. The Bertz CT molecular complexity index is 1590. The van der Waals surface area contributed by atoms with Gasteiger partial charge in [-0.15, -0.1) is 0 Å². The summed E-state index contributed by atoms with van der Waals surface area (Å²) in [5.74, 6) is 1.45. The predicted molar refractivity (Wildman–Crippen MR) is 132 cm³/mol. The second kappa shape index (κ2) is 8.88. The molecular weight excluding hydrogens is 444 g/mol. The first-order chi connectivity index (χ1) is 17.2. The average Bonchev–Trinajstić information content (AvgIpc) is 3.08. The van der Waals surface area contributed by atoms with E-state index in [1.807, 2.05) is 54.6 Å². The number of nitrogens with zero attached hydrogens (tertiary/aromatic N) is 4. The fourth-order valence-electron chi connectivity index (χ4n) is 4.52. The van der Waals surface area contributed by atoms with E-state index in [0.29, 0.717) is 48.7 Å². The molecule has 0 bridgehead atoms. The molecule has 8 nitrogen and oxygen atoms in total. The van der Waals surface area contributed by atoms with Gasteiger partial charge in [0.1, 0.15) is 0 Å². The molecule has 3 aromatic heterocycles. The molecular formula is C27H24N4O4. The molecule has 6 rings (SSSR count). The molecule has 176 valence electrons. The second-order valence-corrected chi connectivity index (χ2v) is 8.49. The van der Waals surface area contributed by atoms with Crippen molar-refractivity contribution >= 4 is 16.6 Å². The van der Waals surface area contributed by atoms with Crippen molar-refractivity contribution in [3.05, 3.63) is 88.6 Å². The van der Waals surface area contributed by atoms with Crippen LogP contribution >= 0.6 is 0 Å². The van der Waals surface area contributed by atoms with Gasteiger partial charge in [-0.1, -0.05) is 36.4 Å². The van der Waals surface area contributed by atoms with Crippen molar-refractivity contribution in [1.82, 2.24) is 19.2 Å². The number of aromatic nitrogens is 4. The van der Waals surface area contributed by atoms with Crippen LogP contribution in [0.5, 0.6) is 11.5 Å². The molecule has 0 radical (unpaired) electrons. The van der Waals surface area contributed by atoms with Gasteiger partial charge in [0.05, 0.1) is 48.5 Å². The van der Waals surface area contributed by atoms with Gasteiger partial charge in [0.2, 0.25) is 0 Å². The highest BCUT2D eigenvalue weighted by molar-refractivity contribution is 5.86. The topological polar surface area (TPSA) is 79.9 Å². The number of rotatable bonds is 5. The normalized spacial score (nSPS) is 13.3. The number of methoxy groups -OCH3 is 1. The smallest absolute Gasteiger partial charge is 0.261 e. The zero-order chi connectivity index (χ0) is 23.8. The predicted octanol–water partition coefficient (Wildman–Crippen LogP) is 4.07. The van der Waals surface area contributed by atoms with Gasteiger partial charge >= 0.3 is 0 Å². The van der Waals surface area contributed by atoms with E-state index in [4.69, 9.17) is 19.3 Å². The molecule has 0 saturated heterocycles. The minimum absolute atomic E-state index is 0.130. The molecule has 1 aliphatic heterocycles. The van der Waals surface area contributed by atoms with Crippen LogP contribution < -0.4 is 15.0 Å². The van der Waals surface area contributed by atoms with Crippen LogP contribution in [0, 0.1) is 0 Å². The van der Waals surface area contributed by atoms with Gasteiger partial charge in [-0.25, -0.2) is 9.50 Å². The van der Waals surface area contributed by atoms with E-state index in [2.05, 4.69) is 4.98 Å². The fraction of sp³-hybridized carbons (Fsp3) is 0.222. The number of pyridine rings is 1. The van der Waals surface area contributed by atoms with Crippen molar-refractivity contribution in [3.8, 4) is 22.6 Å². The summed E-state index contributed by atoms with van der Waals surface area (Å²) in [6.45, 7) is 2.01. The summed E-state index contributed by atoms with van der Waals surface area (Å²) in [7, 11) is 1.64. The molecule has 0 amide bonds. The van der Waals surface area contributed by atoms with E-state index in [9.17, 15) is 4.79 Å². The van der Waals surface area contributed by atoms with Crippen molar-refractivity contribution in [2.24, 2.45) is 0 Å². The maximum atomic E-state index is 13.4. The van der Waals surface area contributed by atoms with Crippen molar-refractivity contribution in [2.75, 3.05) is 20.3 Å². The maximum absolute atomic E-state index is 13.4. The van der Waals surface area contributed by atoms with Crippen LogP contribution in [0.3, 0.4) is 0 Å². The van der Waals surface area contributed by atoms with Gasteiger partial charge in [0.25, 0.3) is 5.56 Å². The average molecular weight is 469 g/mol. The summed E-state index contributed by atoms with van der Waals surface area (Å²) in [5.41, 5.74) is 4.90. The SMILES string of the molecule is COCc1nn2c(ncc3c(=O)n(Cc4ccc5c(c4)OCCCO5)ccc32)c1-c1ccccc1. The molecule has 0 unspecified atom stereocenters. The first-order valence-electron chi connectivity index (χ1n) is 11.6. The monoisotopic (exact) mass is 468 g/mol. The van der Waals surface area contributed by atoms with Crippen LogP contribution in [-0.4, -0.2) is 39.5 Å². The van der Waals surface area contributed by atoms with Crippen molar-refractivity contribution < 1.29 is 14.2 Å². The highest BCUT2D eigenvalue weighted by atomic mass is 16.5. The summed E-state index contributed by atoms with van der Waals surface area (Å²) in [6, 6.07) is 17.7. The molecule has 8 heteroatoms. The molecule has 1 aliphatic rings. The highest BCUT2D eigenvalue weighted by Gasteiger charge is 2.19. The Labute approximate surface area is 201 Å². The Hall–Kier alpha value is -4.17. The molecule has 4 heterocycles. The minimum atomic E-state index is -0.130. The van der Waals surface area contributed by atoms with Crippen LogP contribution in [-0.2, 0) is 17.9 Å². The molecule has 0 N–H and O–H groups in total. The first-order valence-corrected chi connectivity index (χ1v) is 11.6. The van der Waals surface area contributed by atoms with E-state index in [1.165, 1.54) is 0 Å². The van der Waals surface area contributed by atoms with Crippen molar-refractivity contribution in [3.63, 3.8) is 0 Å². The lowest BCUT2D eigenvalue weighted by molar-refractivity contribution is 0.181. The van der Waals surface area contributed by atoms with Crippen LogP contribution in [0.4, 0.5) is 0 Å². The molecule has 35 heavy (non-hydrogen) atoms. The van der Waals surface area contributed by atoms with Gasteiger partial charge in [-0.3, -0.25) is 4.79 Å². The van der Waals surface area contributed by atoms with E-state index < -0.39 is 0 Å². The zero-order valence-electron chi connectivity index (χ0n) is 19.3. The molecule has 0 spiro atoms. The third kappa shape index (κ3) is 3.81. The van der Waals surface area contributed by atoms with Crippen LogP contribution in [0.25, 0.3) is 27.7 Å². The van der Waals surface area contributed by atoms with Crippen LogP contribution in [0.2, 0.25) is 0 Å². The first kappa shape index (κ1) is 21.4. The van der Waals surface area contributed by atoms with E-state index in [1.54, 1.807) is 28.6 Å². The maximum Gasteiger partial charge on any atom is 0.261 e. The minimum Gasteiger partial charge on any atom is -0.490 e. The van der Waals surface area contributed by atoms with Gasteiger partial charge in [0.15, 0.2) is 17.1 Å². The quantitative estimate of drug-likeness (QED) is 0.387. The molecule has 2 aromatic carbocycles. The second-order valence-electron chi connectivity index (χ2n) is 8.49. The Morgan fingerprint density at radius 3 is 2.69 bits per heavy atom. The Kier molecular flexibility index (Phi) is 5.42. The standard InChI is InChI=1S/C27H24N4O4/c1-33-17-21-25(19-6-3-2-4-7-19)26-28-15-20-22(31(26)29-21)10-11-30(27(20)32)16-18-8-9-23-24(14-18)35-13-5-12-34-23/h2-4,6-11,14-15H,5,12-13,16-17H2,1H3. The van der Waals surface area contributed by atoms with Crippen LogP contribution in [0.1, 0.15) is 17.7 Å². The number of hydrogen-bond acceptors (Lipinski definition) is 6. The highest BCUT2D eigenvalue weighted by Crippen LogP contribution is 2.31. The molecule has 0 aliphatic carbocycles. The lowest BCUT2D eigenvalue weighted by atomic mass is 10.1. The van der Waals surface area contributed by atoms with Gasteiger partial charge in [-0.2, -0.15) is 5.10 Å². The summed E-state index contributed by atoms with van der Waals surface area (Å²) < 4.78 is 20.3. The molecule has 0 atom stereocenters. The van der Waals surface area contributed by atoms with E-state index in [0.717, 1.165) is 34.6 Å². The fourth-order valence-corrected chi connectivity index (χ4v) is 4.52. The largest absolute Gasteiger partial charge is 0.490 e. The van der Waals surface area contributed by atoms with Crippen LogP contribution in [0.15, 0.2) is 71.8 Å². The lowest BCUT2D eigenvalue weighted by Crippen LogP contribution is -2.21. The molecule has 0 fully saturated rings. The summed E-state index contributed by atoms with van der Waals surface area (Å²) in [4.78, 5) is 18.1. The number of hydrogen-bond donors (Lipinski definition) is 0. The van der Waals surface area contributed by atoms with E-state index >= 15 is 0 Å². The Morgan fingerprint density at radius 1 is 1.03 bits per heavy atom. The zero-order valence-corrected chi connectivity index (χ0v) is 19.3. The van der Waals surface area contributed by atoms with Gasteiger partial charge < -0.3 is 18.8 Å².